The van der Waals surface area contributed by atoms with E-state index >= 15 is 0 Å². The van der Waals surface area contributed by atoms with Crippen LogP contribution >= 0.6 is 11.6 Å². The number of halogens is 4. The molecule has 2 N–H and O–H groups in total. The van der Waals surface area contributed by atoms with E-state index < -0.39 is 51.4 Å². The van der Waals surface area contributed by atoms with Crippen LogP contribution in [0.1, 0.15) is 25.7 Å². The van der Waals surface area contributed by atoms with E-state index in [2.05, 4.69) is 4.99 Å². The predicted octanol–water partition coefficient (Wildman–Crippen LogP) is 2.63. The van der Waals surface area contributed by atoms with E-state index in [-0.39, 0.29) is 38.9 Å². The molecule has 1 amide bonds. The third kappa shape index (κ3) is 4.47. The third-order valence-corrected chi connectivity index (χ3v) is 5.57. The van der Waals surface area contributed by atoms with Gasteiger partial charge in [-0.1, -0.05) is 11.6 Å². The highest BCUT2D eigenvalue weighted by Gasteiger charge is 2.56. The standard InChI is InChI=1S/C16H21ClF3N3O5/c1-27-6-7-28-14-15(13(21)24,8-11(23(25)26)12(17)22-14)9-2-4-10(5-3-9)16(18,19)20/h8-10,14H,2-7H2,1H3,(H2,21,24). The highest BCUT2D eigenvalue weighted by Crippen LogP contribution is 2.50. The molecule has 1 saturated carbocycles. The van der Waals surface area contributed by atoms with Crippen molar-refractivity contribution in [3.05, 3.63) is 21.9 Å². The van der Waals surface area contributed by atoms with Crippen molar-refractivity contribution in [3.63, 3.8) is 0 Å². The van der Waals surface area contributed by atoms with Crippen molar-refractivity contribution in [2.24, 2.45) is 28.0 Å². The summed E-state index contributed by atoms with van der Waals surface area (Å²) < 4.78 is 49.4. The maximum absolute atomic E-state index is 13.0. The topological polar surface area (TPSA) is 117 Å². The van der Waals surface area contributed by atoms with Gasteiger partial charge in [0, 0.05) is 13.2 Å². The number of alkyl halides is 3. The van der Waals surface area contributed by atoms with Crippen molar-refractivity contribution >= 4 is 22.7 Å². The number of ether oxygens (including phenoxy) is 2. The summed E-state index contributed by atoms with van der Waals surface area (Å²) in [6, 6.07) is 0. The fourth-order valence-electron chi connectivity index (χ4n) is 3.79. The number of primary amides is 1. The fourth-order valence-corrected chi connectivity index (χ4v) is 4.00. The Bertz CT molecular complexity index is 677. The summed E-state index contributed by atoms with van der Waals surface area (Å²) in [6.07, 6.45) is -5.07. The SMILES string of the molecule is COCCOC1N=C(Cl)C([N+](=O)[O-])=CC1(C(N)=O)C1CCC(C(F)(F)F)CC1. The van der Waals surface area contributed by atoms with Crippen LogP contribution in [0.2, 0.25) is 0 Å². The minimum atomic E-state index is -4.34. The number of allylic oxidation sites excluding steroid dienone is 1. The number of hydrogen-bond donors (Lipinski definition) is 1. The quantitative estimate of drug-likeness (QED) is 0.380. The number of aliphatic imine (C=N–C) groups is 1. The average molecular weight is 428 g/mol. The molecule has 0 saturated heterocycles. The Hall–Kier alpha value is -1.72. The number of carbonyl (C=O) groups is 1. The molecule has 1 heterocycles. The van der Waals surface area contributed by atoms with Gasteiger partial charge in [-0.15, -0.1) is 0 Å². The van der Waals surface area contributed by atoms with Crippen molar-refractivity contribution in [3.8, 4) is 0 Å². The van der Waals surface area contributed by atoms with Crippen LogP contribution in [-0.4, -0.2) is 48.7 Å². The number of methoxy groups -OCH3 is 1. The summed E-state index contributed by atoms with van der Waals surface area (Å²) in [6.45, 7) is 0.133. The van der Waals surface area contributed by atoms with Crippen molar-refractivity contribution in [2.75, 3.05) is 20.3 Å². The lowest BCUT2D eigenvalue weighted by atomic mass is 9.64. The molecule has 12 heteroatoms. The van der Waals surface area contributed by atoms with Gasteiger partial charge in [0.2, 0.25) is 11.1 Å². The second-order valence-electron chi connectivity index (χ2n) is 6.81. The predicted molar refractivity (Wildman–Crippen MR) is 93.1 cm³/mol. The molecule has 1 aliphatic heterocycles. The molecule has 0 spiro atoms. The van der Waals surface area contributed by atoms with E-state index in [0.29, 0.717) is 0 Å². The van der Waals surface area contributed by atoms with E-state index in [1.807, 2.05) is 0 Å². The monoisotopic (exact) mass is 427 g/mol. The summed E-state index contributed by atoms with van der Waals surface area (Å²) in [5.41, 5.74) is 3.21. The number of hydrogen-bond acceptors (Lipinski definition) is 6. The molecule has 0 bridgehead atoms. The zero-order chi connectivity index (χ0) is 21.1. The average Bonchev–Trinajstić information content (AvgIpc) is 2.61. The van der Waals surface area contributed by atoms with Gasteiger partial charge >= 0.3 is 11.9 Å². The van der Waals surface area contributed by atoms with Crippen molar-refractivity contribution in [1.29, 1.82) is 0 Å². The van der Waals surface area contributed by atoms with Crippen molar-refractivity contribution < 1.29 is 32.4 Å². The van der Waals surface area contributed by atoms with E-state index in [9.17, 15) is 28.1 Å². The normalized spacial score (nSPS) is 31.1. The second-order valence-corrected chi connectivity index (χ2v) is 7.17. The number of nitrogens with two attached hydrogens (primary N) is 1. The molecule has 1 aliphatic carbocycles. The van der Waals surface area contributed by atoms with Gasteiger partial charge in [-0.25, -0.2) is 4.99 Å². The molecule has 8 nitrogen and oxygen atoms in total. The van der Waals surface area contributed by atoms with Crippen LogP contribution in [0.15, 0.2) is 16.8 Å². The summed E-state index contributed by atoms with van der Waals surface area (Å²) in [5, 5.41) is 10.9. The summed E-state index contributed by atoms with van der Waals surface area (Å²) >= 11 is 5.87. The number of nitro groups is 1. The van der Waals surface area contributed by atoms with Gasteiger partial charge in [0.1, 0.15) is 5.41 Å². The van der Waals surface area contributed by atoms with E-state index in [1.54, 1.807) is 0 Å². The van der Waals surface area contributed by atoms with Crippen LogP contribution in [0.25, 0.3) is 0 Å². The first-order valence-corrected chi connectivity index (χ1v) is 8.99. The van der Waals surface area contributed by atoms with E-state index in [1.165, 1.54) is 7.11 Å². The first-order chi connectivity index (χ1) is 13.0. The Labute approximate surface area is 164 Å². The first-order valence-electron chi connectivity index (χ1n) is 8.62. The number of carbonyl (C=O) groups excluding carboxylic acids is 1. The fraction of sp³-hybridized carbons (Fsp3) is 0.750. The summed E-state index contributed by atoms with van der Waals surface area (Å²) in [4.78, 5) is 26.9. The Morgan fingerprint density at radius 1 is 1.39 bits per heavy atom. The smallest absolute Gasteiger partial charge is 0.382 e. The Morgan fingerprint density at radius 3 is 2.46 bits per heavy atom. The molecule has 0 aromatic carbocycles. The first kappa shape index (κ1) is 22.6. The Kier molecular flexibility index (Phi) is 7.05. The van der Waals surface area contributed by atoms with Gasteiger partial charge in [-0.2, -0.15) is 13.2 Å². The number of dihydropyridines is 1. The maximum atomic E-state index is 13.0. The highest BCUT2D eigenvalue weighted by molar-refractivity contribution is 6.69. The van der Waals surface area contributed by atoms with Crippen LogP contribution in [-0.2, 0) is 14.3 Å². The summed E-state index contributed by atoms with van der Waals surface area (Å²) in [5.74, 6) is -3.16. The summed E-state index contributed by atoms with van der Waals surface area (Å²) in [7, 11) is 1.42. The minimum Gasteiger partial charge on any atom is -0.382 e. The van der Waals surface area contributed by atoms with Gasteiger partial charge in [0.25, 0.3) is 0 Å². The van der Waals surface area contributed by atoms with Crippen LogP contribution in [0.5, 0.6) is 0 Å². The molecular formula is C16H21ClF3N3O5. The molecule has 2 unspecified atom stereocenters. The van der Waals surface area contributed by atoms with Gasteiger partial charge in [-0.3, -0.25) is 14.9 Å². The number of nitrogens with zero attached hydrogens (tertiary/aromatic N) is 2. The zero-order valence-corrected chi connectivity index (χ0v) is 15.8. The number of amides is 1. The Balaban J connectivity index is 2.40. The van der Waals surface area contributed by atoms with Crippen molar-refractivity contribution in [2.45, 2.75) is 38.1 Å². The maximum Gasteiger partial charge on any atom is 0.391 e. The molecule has 0 aromatic rings. The van der Waals surface area contributed by atoms with Crippen LogP contribution < -0.4 is 5.73 Å². The van der Waals surface area contributed by atoms with E-state index in [4.69, 9.17) is 26.8 Å². The minimum absolute atomic E-state index is 0.00805. The molecule has 0 aromatic heterocycles. The molecule has 2 atom stereocenters. The lowest BCUT2D eigenvalue weighted by Gasteiger charge is -2.43. The van der Waals surface area contributed by atoms with Crippen LogP contribution in [0, 0.1) is 27.4 Å². The second kappa shape index (κ2) is 8.75. The lowest BCUT2D eigenvalue weighted by Crippen LogP contribution is -2.54. The highest BCUT2D eigenvalue weighted by atomic mass is 35.5. The molecule has 2 aliphatic rings. The Morgan fingerprint density at radius 2 is 2.00 bits per heavy atom. The third-order valence-electron chi connectivity index (χ3n) is 5.28. The molecule has 158 valence electrons. The van der Waals surface area contributed by atoms with Gasteiger partial charge < -0.3 is 15.2 Å². The molecule has 1 fully saturated rings. The van der Waals surface area contributed by atoms with Gasteiger partial charge in [-0.05, 0) is 31.6 Å². The molecule has 0 radical (unpaired) electrons. The zero-order valence-electron chi connectivity index (χ0n) is 15.1. The lowest BCUT2D eigenvalue weighted by molar-refractivity contribution is -0.416. The number of rotatable bonds is 7. The molecule has 2 rings (SSSR count). The van der Waals surface area contributed by atoms with Crippen LogP contribution in [0.3, 0.4) is 0 Å². The largest absolute Gasteiger partial charge is 0.391 e. The van der Waals surface area contributed by atoms with Gasteiger partial charge in [0.05, 0.1) is 24.1 Å². The van der Waals surface area contributed by atoms with E-state index in [0.717, 1.165) is 6.08 Å². The molecular weight excluding hydrogens is 407 g/mol. The van der Waals surface area contributed by atoms with Crippen LogP contribution in [0.4, 0.5) is 13.2 Å². The van der Waals surface area contributed by atoms with Gasteiger partial charge in [0.15, 0.2) is 6.23 Å². The molecule has 28 heavy (non-hydrogen) atoms. The van der Waals surface area contributed by atoms with Crippen molar-refractivity contribution in [1.82, 2.24) is 0 Å².